The minimum Gasteiger partial charge on any atom is -0.289 e. The van der Waals surface area contributed by atoms with Crippen LogP contribution in [0.3, 0.4) is 0 Å². The third-order valence-corrected chi connectivity index (χ3v) is 8.41. The monoisotopic (exact) mass is 523 g/mol. The third kappa shape index (κ3) is 2.36. The Balaban J connectivity index is 1.63. The number of carbonyl (C=O) groups is 1. The number of allylic oxidation sites excluding steroid dienone is 2. The maximum Gasteiger partial charge on any atom is 0.186 e. The van der Waals surface area contributed by atoms with Gasteiger partial charge in [0.15, 0.2) is 5.78 Å². The van der Waals surface area contributed by atoms with E-state index in [1.54, 1.807) is 0 Å². The Morgan fingerprint density at radius 3 is 2.25 bits per heavy atom. The lowest BCUT2D eigenvalue weighted by molar-refractivity contribution is 0.104. The van der Waals surface area contributed by atoms with Gasteiger partial charge in [-0.15, -0.1) is 0 Å². The number of hydrogen-bond acceptors (Lipinski definition) is 2. The first-order valence-electron chi connectivity index (χ1n) is 12.0. The molecule has 1 aliphatic heterocycles. The van der Waals surface area contributed by atoms with E-state index >= 15 is 0 Å². The van der Waals surface area contributed by atoms with Crippen LogP contribution >= 0.6 is 15.9 Å². The minimum atomic E-state index is -0.644. The highest BCUT2D eigenvalue weighted by molar-refractivity contribution is 9.10. The van der Waals surface area contributed by atoms with Gasteiger partial charge in [-0.3, -0.25) is 4.79 Å². The molecular weight excluding hydrogens is 506 g/mol. The van der Waals surface area contributed by atoms with Crippen molar-refractivity contribution in [2.24, 2.45) is 4.99 Å². The van der Waals surface area contributed by atoms with Crippen LogP contribution in [0.25, 0.3) is 21.9 Å². The molecule has 1 heterocycles. The van der Waals surface area contributed by atoms with E-state index in [-0.39, 0.29) is 5.78 Å². The smallest absolute Gasteiger partial charge is 0.186 e. The van der Waals surface area contributed by atoms with Gasteiger partial charge >= 0.3 is 0 Å². The Labute approximate surface area is 216 Å². The first kappa shape index (κ1) is 20.1. The summed E-state index contributed by atoms with van der Waals surface area (Å²) in [4.78, 5) is 18.9. The summed E-state index contributed by atoms with van der Waals surface area (Å²) in [5, 5.41) is 2.28. The van der Waals surface area contributed by atoms with Gasteiger partial charge in [0.1, 0.15) is 0 Å². The standard InChI is InChI=1S/C33H18BrNO/c34-20-14-15-23-22-9-5-6-12-26(22)33(28(23)17-20)27-16-13-19-7-1-2-8-21(19)31(27)35-32-25-11-4-3-10-24(25)30(36)18-29(32)33/h1-18H. The molecule has 3 aliphatic rings. The molecule has 0 amide bonds. The summed E-state index contributed by atoms with van der Waals surface area (Å²) in [6, 6.07) is 35.8. The van der Waals surface area contributed by atoms with Crippen LogP contribution in [0.5, 0.6) is 0 Å². The molecule has 5 aromatic carbocycles. The normalized spacial score (nSPS) is 18.6. The van der Waals surface area contributed by atoms with E-state index in [2.05, 4.69) is 94.8 Å². The summed E-state index contributed by atoms with van der Waals surface area (Å²) < 4.78 is 1.02. The van der Waals surface area contributed by atoms with Crippen LogP contribution < -0.4 is 0 Å². The Morgan fingerprint density at radius 1 is 0.639 bits per heavy atom. The van der Waals surface area contributed by atoms with Crippen LogP contribution in [0, 0.1) is 0 Å². The quantitative estimate of drug-likeness (QED) is 0.201. The van der Waals surface area contributed by atoms with Gasteiger partial charge in [0.2, 0.25) is 0 Å². The van der Waals surface area contributed by atoms with Crippen molar-refractivity contribution in [3.8, 4) is 11.1 Å². The SMILES string of the molecule is O=C1C=C2C(=Nc3c(ccc4ccccc34)C23c2ccccc2-c2ccc(Br)cc23)c2ccccc21. The van der Waals surface area contributed by atoms with Gasteiger partial charge in [-0.1, -0.05) is 107 Å². The summed E-state index contributed by atoms with van der Waals surface area (Å²) in [5.41, 5.74) is 9.68. The van der Waals surface area contributed by atoms with E-state index in [0.717, 1.165) is 43.3 Å². The van der Waals surface area contributed by atoms with E-state index in [1.165, 1.54) is 22.3 Å². The zero-order valence-corrected chi connectivity index (χ0v) is 20.7. The van der Waals surface area contributed by atoms with E-state index in [0.29, 0.717) is 5.56 Å². The number of benzene rings is 5. The summed E-state index contributed by atoms with van der Waals surface area (Å²) >= 11 is 3.75. The first-order chi connectivity index (χ1) is 17.7. The Hall–Kier alpha value is -4.08. The fraction of sp³-hybridized carbons (Fsp3) is 0.0303. The van der Waals surface area contributed by atoms with Gasteiger partial charge in [-0.05, 0) is 51.4 Å². The van der Waals surface area contributed by atoms with Gasteiger partial charge < -0.3 is 0 Å². The van der Waals surface area contributed by atoms with E-state index in [9.17, 15) is 4.79 Å². The minimum absolute atomic E-state index is 0.0316. The predicted molar refractivity (Wildman–Crippen MR) is 148 cm³/mol. The number of nitrogens with zero attached hydrogens (tertiary/aromatic N) is 1. The zero-order valence-electron chi connectivity index (χ0n) is 19.1. The molecule has 5 aromatic rings. The summed E-state index contributed by atoms with van der Waals surface area (Å²) in [6.45, 7) is 0. The molecule has 0 fully saturated rings. The molecule has 2 nitrogen and oxygen atoms in total. The molecule has 1 unspecified atom stereocenters. The second kappa shape index (κ2) is 6.99. The molecule has 0 saturated carbocycles. The average molecular weight is 524 g/mol. The maximum absolute atomic E-state index is 13.6. The molecule has 2 aliphatic carbocycles. The predicted octanol–water partition coefficient (Wildman–Crippen LogP) is 8.17. The van der Waals surface area contributed by atoms with Crippen LogP contribution in [0.1, 0.15) is 32.6 Å². The van der Waals surface area contributed by atoms with Crippen LogP contribution in [-0.2, 0) is 5.41 Å². The number of rotatable bonds is 0. The molecule has 1 atom stereocenters. The van der Waals surface area contributed by atoms with Crippen molar-refractivity contribution in [1.82, 2.24) is 0 Å². The summed E-state index contributed by atoms with van der Waals surface area (Å²) in [5.74, 6) is 0.0316. The lowest BCUT2D eigenvalue weighted by Gasteiger charge is -2.41. The molecule has 168 valence electrons. The summed E-state index contributed by atoms with van der Waals surface area (Å²) in [6.07, 6.45) is 1.84. The third-order valence-electron chi connectivity index (χ3n) is 7.92. The maximum atomic E-state index is 13.6. The average Bonchev–Trinajstić information content (AvgIpc) is 3.20. The van der Waals surface area contributed by atoms with Gasteiger partial charge in [0.25, 0.3) is 0 Å². The highest BCUT2D eigenvalue weighted by atomic mass is 79.9. The Morgan fingerprint density at radius 2 is 1.36 bits per heavy atom. The number of carbonyl (C=O) groups excluding carboxylic acids is 1. The number of fused-ring (bicyclic) bond motifs is 13. The van der Waals surface area contributed by atoms with Gasteiger partial charge in [-0.2, -0.15) is 0 Å². The van der Waals surface area contributed by atoms with Gasteiger partial charge in [-0.25, -0.2) is 4.99 Å². The molecule has 0 bridgehead atoms. The van der Waals surface area contributed by atoms with Crippen molar-refractivity contribution < 1.29 is 4.79 Å². The van der Waals surface area contributed by atoms with E-state index in [1.807, 2.05) is 30.3 Å². The molecule has 3 heteroatoms. The summed E-state index contributed by atoms with van der Waals surface area (Å²) in [7, 11) is 0. The fourth-order valence-corrected chi connectivity index (χ4v) is 6.86. The molecule has 0 saturated heterocycles. The molecule has 0 N–H and O–H groups in total. The Bertz CT molecular complexity index is 1880. The molecular formula is C33H18BrNO. The molecule has 0 aromatic heterocycles. The molecule has 0 radical (unpaired) electrons. The number of aliphatic imine (C=N–C) groups is 1. The van der Waals surface area contributed by atoms with Crippen molar-refractivity contribution in [3.05, 3.63) is 147 Å². The van der Waals surface area contributed by atoms with Crippen molar-refractivity contribution in [2.45, 2.75) is 5.41 Å². The highest BCUT2D eigenvalue weighted by Gasteiger charge is 2.53. The van der Waals surface area contributed by atoms with E-state index < -0.39 is 5.41 Å². The second-order valence-corrected chi connectivity index (χ2v) is 10.5. The van der Waals surface area contributed by atoms with Crippen LogP contribution in [-0.4, -0.2) is 11.5 Å². The Kier molecular flexibility index (Phi) is 3.91. The molecule has 1 spiro atoms. The number of hydrogen-bond donors (Lipinski definition) is 0. The number of halogens is 1. The lowest BCUT2D eigenvalue weighted by atomic mass is 9.61. The fourth-order valence-electron chi connectivity index (χ4n) is 6.50. The van der Waals surface area contributed by atoms with Crippen molar-refractivity contribution in [2.75, 3.05) is 0 Å². The second-order valence-electron chi connectivity index (χ2n) is 9.60. The topological polar surface area (TPSA) is 29.4 Å². The van der Waals surface area contributed by atoms with Crippen molar-refractivity contribution in [1.29, 1.82) is 0 Å². The van der Waals surface area contributed by atoms with Crippen molar-refractivity contribution >= 4 is 43.9 Å². The van der Waals surface area contributed by atoms with E-state index in [4.69, 9.17) is 4.99 Å². The largest absolute Gasteiger partial charge is 0.289 e. The number of ketones is 1. The lowest BCUT2D eigenvalue weighted by Crippen LogP contribution is -2.38. The molecule has 8 rings (SSSR count). The highest BCUT2D eigenvalue weighted by Crippen LogP contribution is 2.62. The van der Waals surface area contributed by atoms with Crippen LogP contribution in [0.15, 0.2) is 124 Å². The first-order valence-corrected chi connectivity index (χ1v) is 12.8. The van der Waals surface area contributed by atoms with Crippen LogP contribution in [0.4, 0.5) is 5.69 Å². The van der Waals surface area contributed by atoms with Crippen LogP contribution in [0.2, 0.25) is 0 Å². The molecule has 36 heavy (non-hydrogen) atoms. The van der Waals surface area contributed by atoms with Gasteiger partial charge in [0, 0.05) is 26.6 Å². The zero-order chi connectivity index (χ0) is 24.0. The van der Waals surface area contributed by atoms with Crippen molar-refractivity contribution in [3.63, 3.8) is 0 Å². The van der Waals surface area contributed by atoms with Gasteiger partial charge in [0.05, 0.1) is 16.8 Å².